The maximum Gasteiger partial charge on any atom is 0.255 e. The van der Waals surface area contributed by atoms with Gasteiger partial charge in [-0.1, -0.05) is 18.2 Å². The fourth-order valence-electron chi connectivity index (χ4n) is 9.96. The number of alkyl halides is 1. The van der Waals surface area contributed by atoms with E-state index in [-0.39, 0.29) is 36.2 Å². The van der Waals surface area contributed by atoms with E-state index >= 15 is 4.39 Å². The molecule has 3 atom stereocenters. The molecule has 3 amide bonds. The minimum atomic E-state index is -1.34. The third-order valence-electron chi connectivity index (χ3n) is 13.0. The van der Waals surface area contributed by atoms with E-state index in [9.17, 15) is 14.4 Å². The van der Waals surface area contributed by atoms with Gasteiger partial charge in [0.15, 0.2) is 0 Å². The number of piperazine rings is 1. The van der Waals surface area contributed by atoms with Gasteiger partial charge in [0.1, 0.15) is 11.7 Å². The lowest BCUT2D eigenvalue weighted by Gasteiger charge is -2.42. The van der Waals surface area contributed by atoms with Crippen LogP contribution in [0.5, 0.6) is 0 Å². The van der Waals surface area contributed by atoms with Gasteiger partial charge < -0.3 is 19.7 Å². The van der Waals surface area contributed by atoms with Crippen LogP contribution in [0.25, 0.3) is 10.9 Å². The molecule has 57 heavy (non-hydrogen) atoms. The zero-order valence-electron chi connectivity index (χ0n) is 33.3. The molecule has 300 valence electrons. The van der Waals surface area contributed by atoms with Crippen molar-refractivity contribution in [3.8, 4) is 0 Å². The molecule has 12 nitrogen and oxygen atoms in total. The van der Waals surface area contributed by atoms with Gasteiger partial charge in [0.2, 0.25) is 17.8 Å². The van der Waals surface area contributed by atoms with Crippen LogP contribution in [-0.4, -0.2) is 117 Å². The Kier molecular flexibility index (Phi) is 10.0. The molecule has 5 aliphatic heterocycles. The van der Waals surface area contributed by atoms with Crippen molar-refractivity contribution in [2.45, 2.75) is 89.6 Å². The predicted octanol–water partition coefficient (Wildman–Crippen LogP) is 5.23. The summed E-state index contributed by atoms with van der Waals surface area (Å²) in [4.78, 5) is 61.9. The molecule has 0 saturated carbocycles. The van der Waals surface area contributed by atoms with Gasteiger partial charge in [0.05, 0.1) is 6.04 Å². The lowest BCUT2D eigenvalue weighted by atomic mass is 9.88. The lowest BCUT2D eigenvalue weighted by Crippen LogP contribution is -2.52. The molecule has 4 aromatic rings. The van der Waals surface area contributed by atoms with Crippen LogP contribution in [0.1, 0.15) is 91.7 Å². The minimum absolute atomic E-state index is 0.131. The van der Waals surface area contributed by atoms with Gasteiger partial charge in [-0.25, -0.2) is 14.4 Å². The third-order valence-corrected chi connectivity index (χ3v) is 13.0. The number of carbonyl (C=O) groups is 3. The molecule has 2 aromatic carbocycles. The fraction of sp³-hybridized carbons (Fsp3) is 0.523. The highest BCUT2D eigenvalue weighted by Gasteiger charge is 2.41. The van der Waals surface area contributed by atoms with Crippen molar-refractivity contribution in [2.75, 3.05) is 62.2 Å². The molecule has 0 bridgehead atoms. The molecule has 0 spiro atoms. The maximum atomic E-state index is 15.2. The number of aromatic amines is 1. The summed E-state index contributed by atoms with van der Waals surface area (Å²) in [5.74, 6) is 0.655. The number of piperidine rings is 2. The van der Waals surface area contributed by atoms with Crippen LogP contribution in [0, 0.1) is 5.92 Å². The topological polar surface area (TPSA) is 121 Å². The summed E-state index contributed by atoms with van der Waals surface area (Å²) in [5, 5.41) is 3.62. The highest BCUT2D eigenvalue weighted by molar-refractivity contribution is 6.05. The molecule has 13 heteroatoms. The Labute approximate surface area is 333 Å². The quantitative estimate of drug-likeness (QED) is 0.220. The van der Waals surface area contributed by atoms with Crippen molar-refractivity contribution >= 4 is 40.3 Å². The normalized spacial score (nSPS) is 24.0. The number of benzene rings is 2. The number of rotatable bonds is 9. The molecule has 3 saturated heterocycles. The number of hydrogen-bond acceptors (Lipinski definition) is 9. The smallest absolute Gasteiger partial charge is 0.255 e. The zero-order chi connectivity index (χ0) is 39.4. The molecule has 9 rings (SSSR count). The van der Waals surface area contributed by atoms with Crippen molar-refractivity contribution in [3.05, 3.63) is 82.8 Å². The van der Waals surface area contributed by atoms with Crippen molar-refractivity contribution in [1.82, 2.24) is 35.0 Å². The zero-order valence-corrected chi connectivity index (χ0v) is 33.3. The number of imide groups is 1. The Balaban J connectivity index is 0.767. The standard InChI is InChI=1S/C44H54FN9O3/c1-28-22-35-34-6-4-5-7-36(34)48-39(35)40(54(28)27-44(2,3)45)31-24-46-43(47-25-31)52-16-13-29(14-17-52)12-15-50-18-20-51(21-19-50)32-8-9-33-30(23-32)26-53(42(33)57)37-10-11-38(55)49-41(37)56/h4-9,23-25,28-29,37,40,48H,10-22,26-27H2,1-3H3,(H,49,55,56). The second kappa shape index (κ2) is 15.1. The summed E-state index contributed by atoms with van der Waals surface area (Å²) in [5.41, 5.74) is 5.91. The van der Waals surface area contributed by atoms with E-state index in [1.807, 2.05) is 24.5 Å². The number of aromatic nitrogens is 3. The van der Waals surface area contributed by atoms with E-state index in [4.69, 9.17) is 9.97 Å². The number of H-pyrrole nitrogens is 1. The number of fused-ring (bicyclic) bond motifs is 4. The number of hydrogen-bond donors (Lipinski definition) is 2. The van der Waals surface area contributed by atoms with Crippen LogP contribution in [-0.2, 0) is 22.6 Å². The summed E-state index contributed by atoms with van der Waals surface area (Å²) >= 11 is 0. The van der Waals surface area contributed by atoms with E-state index in [0.717, 1.165) is 99.0 Å². The summed E-state index contributed by atoms with van der Waals surface area (Å²) in [6.45, 7) is 13.1. The van der Waals surface area contributed by atoms with Crippen LogP contribution in [0.3, 0.4) is 0 Å². The summed E-state index contributed by atoms with van der Waals surface area (Å²) < 4.78 is 15.2. The first-order chi connectivity index (χ1) is 27.5. The van der Waals surface area contributed by atoms with Crippen LogP contribution >= 0.6 is 0 Å². The molecule has 0 radical (unpaired) electrons. The number of nitrogens with zero attached hydrogens (tertiary/aromatic N) is 7. The number of carbonyl (C=O) groups excluding carboxylic acids is 3. The van der Waals surface area contributed by atoms with Crippen molar-refractivity contribution in [2.24, 2.45) is 5.92 Å². The van der Waals surface area contributed by atoms with Crippen molar-refractivity contribution in [3.63, 3.8) is 0 Å². The van der Waals surface area contributed by atoms with E-state index < -0.39 is 11.7 Å². The molecule has 2 aromatic heterocycles. The van der Waals surface area contributed by atoms with Crippen LogP contribution in [0.2, 0.25) is 0 Å². The number of nitrogens with one attached hydrogen (secondary N) is 2. The second-order valence-corrected chi connectivity index (χ2v) is 17.5. The molecule has 5 aliphatic rings. The van der Waals surface area contributed by atoms with E-state index in [1.165, 1.54) is 17.4 Å². The minimum Gasteiger partial charge on any atom is -0.369 e. The Hall–Kier alpha value is -4.88. The lowest BCUT2D eigenvalue weighted by molar-refractivity contribution is -0.136. The molecular weight excluding hydrogens is 722 g/mol. The van der Waals surface area contributed by atoms with Gasteiger partial charge in [-0.05, 0) is 101 Å². The van der Waals surface area contributed by atoms with E-state index in [2.05, 4.69) is 67.2 Å². The molecule has 3 unspecified atom stereocenters. The van der Waals surface area contributed by atoms with Crippen LogP contribution < -0.4 is 15.1 Å². The summed E-state index contributed by atoms with van der Waals surface area (Å²) in [6, 6.07) is 13.9. The highest BCUT2D eigenvalue weighted by atomic mass is 19.1. The van der Waals surface area contributed by atoms with Gasteiger partial charge in [0, 0.05) is 111 Å². The number of amides is 3. The highest BCUT2D eigenvalue weighted by Crippen LogP contribution is 2.42. The number of halogens is 1. The third kappa shape index (κ3) is 7.51. The molecular formula is C44H54FN9O3. The summed E-state index contributed by atoms with van der Waals surface area (Å²) in [7, 11) is 0. The Morgan fingerprint density at radius 3 is 2.40 bits per heavy atom. The van der Waals surface area contributed by atoms with Crippen LogP contribution in [0.15, 0.2) is 54.9 Å². The van der Waals surface area contributed by atoms with E-state index in [0.29, 0.717) is 31.0 Å². The average Bonchev–Trinajstić information content (AvgIpc) is 3.73. The maximum absolute atomic E-state index is 15.2. The number of anilines is 2. The Bertz CT molecular complexity index is 2150. The van der Waals surface area contributed by atoms with E-state index in [1.54, 1.807) is 18.7 Å². The molecule has 3 fully saturated rings. The largest absolute Gasteiger partial charge is 0.369 e. The first kappa shape index (κ1) is 37.7. The molecule has 0 aliphatic carbocycles. The predicted molar refractivity (Wildman–Crippen MR) is 218 cm³/mol. The van der Waals surface area contributed by atoms with Gasteiger partial charge in [-0.15, -0.1) is 0 Å². The average molecular weight is 776 g/mol. The van der Waals surface area contributed by atoms with Crippen molar-refractivity contribution in [1.29, 1.82) is 0 Å². The Morgan fingerprint density at radius 2 is 1.67 bits per heavy atom. The molecule has 7 heterocycles. The molecule has 2 N–H and O–H groups in total. The first-order valence-corrected chi connectivity index (χ1v) is 20.8. The van der Waals surface area contributed by atoms with Gasteiger partial charge in [-0.2, -0.15) is 0 Å². The van der Waals surface area contributed by atoms with Gasteiger partial charge in [-0.3, -0.25) is 29.5 Å². The number of para-hydroxylation sites is 1. The van der Waals surface area contributed by atoms with Gasteiger partial charge >= 0.3 is 0 Å². The second-order valence-electron chi connectivity index (χ2n) is 17.5. The SMILES string of the molecule is CC1Cc2c([nH]c3ccccc23)C(c2cnc(N3CCC(CCN4CCN(c5ccc6c(c5)CN(C5CCC(=O)NC5=O)C6=O)CC4)CC3)nc2)N1CC(C)(C)F. The van der Waals surface area contributed by atoms with Crippen LogP contribution in [0.4, 0.5) is 16.0 Å². The van der Waals surface area contributed by atoms with Gasteiger partial charge in [0.25, 0.3) is 5.91 Å². The summed E-state index contributed by atoms with van der Waals surface area (Å²) in [6.07, 6.45) is 8.83. The van der Waals surface area contributed by atoms with Crippen molar-refractivity contribution < 1.29 is 18.8 Å². The Morgan fingerprint density at radius 1 is 0.912 bits per heavy atom. The monoisotopic (exact) mass is 775 g/mol. The first-order valence-electron chi connectivity index (χ1n) is 20.8. The fourth-order valence-corrected chi connectivity index (χ4v) is 9.96.